The van der Waals surface area contributed by atoms with Crippen LogP contribution in [0, 0.1) is 0 Å². The molecule has 2 heterocycles. The predicted molar refractivity (Wildman–Crippen MR) is 103 cm³/mol. The molecule has 2 aliphatic heterocycles. The summed E-state index contributed by atoms with van der Waals surface area (Å²) in [5.74, 6) is 1.58. The number of fused-ring (bicyclic) bond motifs is 2. The molecule has 0 saturated carbocycles. The van der Waals surface area contributed by atoms with Crippen molar-refractivity contribution in [1.29, 1.82) is 0 Å². The third-order valence-electron chi connectivity index (χ3n) is 5.44. The highest BCUT2D eigenvalue weighted by Crippen LogP contribution is 2.55. The zero-order valence-corrected chi connectivity index (χ0v) is 15.7. The molecule has 2 aromatic carbocycles. The molecule has 0 N–H and O–H groups in total. The van der Waals surface area contributed by atoms with Crippen molar-refractivity contribution in [3.8, 4) is 11.5 Å². The van der Waals surface area contributed by atoms with Gasteiger partial charge in [-0.3, -0.25) is 0 Å². The predicted octanol–water partition coefficient (Wildman–Crippen LogP) is 5.27. The molecule has 1 atom stereocenters. The van der Waals surface area contributed by atoms with E-state index in [1.54, 1.807) is 0 Å². The van der Waals surface area contributed by atoms with Gasteiger partial charge in [0.05, 0.1) is 12.0 Å². The van der Waals surface area contributed by atoms with Gasteiger partial charge in [0, 0.05) is 23.3 Å². The van der Waals surface area contributed by atoms with Crippen molar-refractivity contribution in [3.05, 3.63) is 58.6 Å². The summed E-state index contributed by atoms with van der Waals surface area (Å²) < 4.78 is 12.5. The molecule has 0 bridgehead atoms. The van der Waals surface area contributed by atoms with Crippen LogP contribution in [0.25, 0.3) is 6.08 Å². The number of likely N-dealkylation sites (N-methyl/N-ethyl adjacent to an activating group) is 1. The number of anilines is 1. The first-order valence-electron chi connectivity index (χ1n) is 8.58. The van der Waals surface area contributed by atoms with Gasteiger partial charge in [0.15, 0.2) is 11.5 Å². The number of benzene rings is 2. The Morgan fingerprint density at radius 1 is 1.20 bits per heavy atom. The maximum Gasteiger partial charge on any atom is 0.212 e. The van der Waals surface area contributed by atoms with Crippen molar-refractivity contribution in [3.63, 3.8) is 0 Å². The highest BCUT2D eigenvalue weighted by atomic mass is 35.5. The van der Waals surface area contributed by atoms with Gasteiger partial charge >= 0.3 is 0 Å². The summed E-state index contributed by atoms with van der Waals surface area (Å²) in [5, 5.41) is 0.743. The Balaban J connectivity index is 1.88. The van der Waals surface area contributed by atoms with Gasteiger partial charge in [0.2, 0.25) is 5.72 Å². The first kappa shape index (κ1) is 16.3. The Morgan fingerprint density at radius 2 is 2.00 bits per heavy atom. The lowest BCUT2D eigenvalue weighted by molar-refractivity contribution is 0.0545. The number of hydrogen-bond donors (Lipinski definition) is 0. The second-order valence-electron chi connectivity index (χ2n) is 7.08. The van der Waals surface area contributed by atoms with Crippen LogP contribution in [0.4, 0.5) is 5.69 Å². The molecule has 0 fully saturated rings. The molecule has 25 heavy (non-hydrogen) atoms. The first-order chi connectivity index (χ1) is 11.9. The summed E-state index contributed by atoms with van der Waals surface area (Å²) in [6.45, 7) is 6.98. The van der Waals surface area contributed by atoms with Crippen LogP contribution in [0.1, 0.15) is 31.9 Å². The summed E-state index contributed by atoms with van der Waals surface area (Å²) in [5.41, 5.74) is 2.45. The lowest BCUT2D eigenvalue weighted by Gasteiger charge is -2.46. The van der Waals surface area contributed by atoms with Crippen LogP contribution in [0.3, 0.4) is 0 Å². The van der Waals surface area contributed by atoms with E-state index in [-0.39, 0.29) is 5.41 Å². The Labute approximate surface area is 153 Å². The smallest absolute Gasteiger partial charge is 0.212 e. The van der Waals surface area contributed by atoms with Crippen LogP contribution in [-0.2, 0) is 5.41 Å². The average Bonchev–Trinajstić information content (AvgIpc) is 2.75. The van der Waals surface area contributed by atoms with Gasteiger partial charge in [-0.05, 0) is 62.8 Å². The molecule has 0 saturated heterocycles. The lowest BCUT2D eigenvalue weighted by Crippen LogP contribution is -2.58. The van der Waals surface area contributed by atoms with Crippen molar-refractivity contribution in [1.82, 2.24) is 0 Å². The van der Waals surface area contributed by atoms with Gasteiger partial charge in [0.25, 0.3) is 0 Å². The first-order valence-corrected chi connectivity index (χ1v) is 8.96. The number of rotatable bonds is 2. The van der Waals surface area contributed by atoms with E-state index in [1.807, 2.05) is 37.3 Å². The fraction of sp³-hybridized carbons (Fsp3) is 0.333. The van der Waals surface area contributed by atoms with Crippen molar-refractivity contribution in [2.24, 2.45) is 0 Å². The molecule has 4 heteroatoms. The molecular weight excluding hydrogens is 334 g/mol. The molecule has 1 spiro atoms. The van der Waals surface area contributed by atoms with E-state index in [4.69, 9.17) is 21.1 Å². The monoisotopic (exact) mass is 355 g/mol. The average molecular weight is 356 g/mol. The van der Waals surface area contributed by atoms with Gasteiger partial charge in [-0.1, -0.05) is 23.7 Å². The number of halogens is 1. The van der Waals surface area contributed by atoms with Gasteiger partial charge in [-0.2, -0.15) is 0 Å². The molecule has 0 radical (unpaired) electrons. The maximum atomic E-state index is 6.69. The molecule has 1 unspecified atom stereocenters. The van der Waals surface area contributed by atoms with Gasteiger partial charge in [-0.25, -0.2) is 0 Å². The molecule has 2 aliphatic rings. The van der Waals surface area contributed by atoms with E-state index in [2.05, 4.69) is 44.0 Å². The van der Waals surface area contributed by atoms with Crippen molar-refractivity contribution in [2.75, 3.05) is 18.6 Å². The minimum Gasteiger partial charge on any atom is -0.490 e. The van der Waals surface area contributed by atoms with E-state index in [0.717, 1.165) is 27.8 Å². The highest BCUT2D eigenvalue weighted by molar-refractivity contribution is 6.30. The summed E-state index contributed by atoms with van der Waals surface area (Å²) in [6, 6.07) is 12.0. The summed E-state index contributed by atoms with van der Waals surface area (Å²) in [7, 11) is 2.07. The fourth-order valence-corrected chi connectivity index (χ4v) is 4.22. The number of hydrogen-bond acceptors (Lipinski definition) is 3. The molecule has 3 nitrogen and oxygen atoms in total. The van der Waals surface area contributed by atoms with E-state index < -0.39 is 5.72 Å². The fourth-order valence-electron chi connectivity index (χ4n) is 4.04. The number of ether oxygens (including phenoxy) is 2. The molecule has 4 rings (SSSR count). The van der Waals surface area contributed by atoms with Crippen LogP contribution < -0.4 is 14.4 Å². The quantitative estimate of drug-likeness (QED) is 0.732. The largest absolute Gasteiger partial charge is 0.490 e. The third kappa shape index (κ3) is 2.12. The Morgan fingerprint density at radius 3 is 2.76 bits per heavy atom. The van der Waals surface area contributed by atoms with E-state index in [9.17, 15) is 0 Å². The standard InChI is InChI=1S/C21H22ClNO2/c1-5-24-18-8-6-7-14-11-12-21(25-19(14)18)20(2,3)16-13-15(22)9-10-17(16)23(21)4/h6-13H,5H2,1-4H3. The minimum atomic E-state index is -0.625. The van der Waals surface area contributed by atoms with Crippen LogP contribution in [0.2, 0.25) is 5.02 Å². The molecule has 0 aromatic heterocycles. The molecule has 0 amide bonds. The maximum absolute atomic E-state index is 6.69. The van der Waals surface area contributed by atoms with Crippen LogP contribution in [-0.4, -0.2) is 19.4 Å². The topological polar surface area (TPSA) is 21.7 Å². The Hall–Kier alpha value is -2.13. The van der Waals surface area contributed by atoms with E-state index in [1.165, 1.54) is 5.56 Å². The molecule has 2 aromatic rings. The normalized spacial score (nSPS) is 22.5. The van der Waals surface area contributed by atoms with E-state index in [0.29, 0.717) is 6.61 Å². The van der Waals surface area contributed by atoms with Crippen LogP contribution in [0.5, 0.6) is 11.5 Å². The Bertz CT molecular complexity index is 874. The van der Waals surface area contributed by atoms with Crippen LogP contribution in [0.15, 0.2) is 42.5 Å². The summed E-state index contributed by atoms with van der Waals surface area (Å²) >= 11 is 6.28. The summed E-state index contributed by atoms with van der Waals surface area (Å²) in [4.78, 5) is 2.20. The van der Waals surface area contributed by atoms with Crippen molar-refractivity contribution in [2.45, 2.75) is 31.9 Å². The zero-order chi connectivity index (χ0) is 17.8. The highest BCUT2D eigenvalue weighted by Gasteiger charge is 2.58. The SMILES string of the molecule is CCOc1cccc2c1OC1(C=C2)N(C)c2ccc(Cl)cc2C1(C)C. The molecular formula is C21H22ClNO2. The lowest BCUT2D eigenvalue weighted by atomic mass is 9.76. The second-order valence-corrected chi connectivity index (χ2v) is 7.52. The molecule has 0 aliphatic carbocycles. The van der Waals surface area contributed by atoms with Crippen molar-refractivity contribution >= 4 is 23.4 Å². The Kier molecular flexibility index (Phi) is 3.55. The van der Waals surface area contributed by atoms with Crippen LogP contribution >= 0.6 is 11.6 Å². The summed E-state index contributed by atoms with van der Waals surface area (Å²) in [6.07, 6.45) is 4.28. The number of nitrogens with zero attached hydrogens (tertiary/aromatic N) is 1. The van der Waals surface area contributed by atoms with E-state index >= 15 is 0 Å². The zero-order valence-electron chi connectivity index (χ0n) is 15.0. The van der Waals surface area contributed by atoms with Crippen molar-refractivity contribution < 1.29 is 9.47 Å². The molecule has 130 valence electrons. The minimum absolute atomic E-state index is 0.282. The number of para-hydroxylation sites is 1. The van der Waals surface area contributed by atoms with Gasteiger partial charge < -0.3 is 14.4 Å². The third-order valence-corrected chi connectivity index (χ3v) is 5.68. The van der Waals surface area contributed by atoms with Gasteiger partial charge in [0.1, 0.15) is 0 Å². The van der Waals surface area contributed by atoms with Gasteiger partial charge in [-0.15, -0.1) is 0 Å². The second kappa shape index (κ2) is 5.43.